The maximum absolute atomic E-state index is 12.2. The van der Waals surface area contributed by atoms with E-state index < -0.39 is 18.1 Å². The highest BCUT2D eigenvalue weighted by Crippen LogP contribution is 2.32. The van der Waals surface area contributed by atoms with E-state index in [0.29, 0.717) is 27.8 Å². The zero-order valence-electron chi connectivity index (χ0n) is 11.1. The molecule has 0 aromatic heterocycles. The van der Waals surface area contributed by atoms with Gasteiger partial charge >= 0.3 is 12.4 Å². The number of alkyl halides is 6. The number of benzene rings is 1. The van der Waals surface area contributed by atoms with E-state index in [1.54, 1.807) is 19.9 Å². The molecule has 0 unspecified atom stereocenters. The lowest BCUT2D eigenvalue weighted by molar-refractivity contribution is -0.105. The van der Waals surface area contributed by atoms with Crippen LogP contribution in [0.15, 0.2) is 22.1 Å². The molecule has 0 bridgehead atoms. The maximum atomic E-state index is 12.2. The average Bonchev–Trinajstić information content (AvgIpc) is 2.27. The van der Waals surface area contributed by atoms with Crippen molar-refractivity contribution in [1.82, 2.24) is 0 Å². The summed E-state index contributed by atoms with van der Waals surface area (Å²) < 4.78 is 72.4. The van der Waals surface area contributed by atoms with Crippen LogP contribution in [0.2, 0.25) is 0 Å². The van der Waals surface area contributed by atoms with E-state index in [1.165, 1.54) is 6.07 Å². The van der Waals surface area contributed by atoms with Gasteiger partial charge in [0, 0.05) is 4.90 Å². The van der Waals surface area contributed by atoms with E-state index in [0.717, 1.165) is 0 Å². The van der Waals surface area contributed by atoms with Crippen LogP contribution in [0.1, 0.15) is 11.1 Å². The SMILES string of the molecule is Cc1cc(C)c(SCC(F)(F)F)cc1NN=CC(F)(F)F. The molecular weight excluding hydrogens is 318 g/mol. The molecule has 0 atom stereocenters. The molecule has 0 aliphatic carbocycles. The quantitative estimate of drug-likeness (QED) is 0.367. The van der Waals surface area contributed by atoms with Crippen molar-refractivity contribution in [3.8, 4) is 0 Å². The fraction of sp³-hybridized carbons (Fsp3) is 0.417. The molecule has 0 saturated heterocycles. The highest BCUT2D eigenvalue weighted by atomic mass is 32.2. The number of hydrogen-bond acceptors (Lipinski definition) is 3. The number of rotatable bonds is 4. The molecule has 1 aromatic carbocycles. The predicted molar refractivity (Wildman–Crippen MR) is 70.9 cm³/mol. The van der Waals surface area contributed by atoms with E-state index >= 15 is 0 Å². The number of aryl methyl sites for hydroxylation is 2. The van der Waals surface area contributed by atoms with E-state index in [2.05, 4.69) is 10.5 Å². The summed E-state index contributed by atoms with van der Waals surface area (Å²) in [6.45, 7) is 3.26. The zero-order valence-corrected chi connectivity index (χ0v) is 11.9. The largest absolute Gasteiger partial charge is 0.428 e. The lowest BCUT2D eigenvalue weighted by Crippen LogP contribution is -2.11. The van der Waals surface area contributed by atoms with Crippen molar-refractivity contribution in [3.05, 3.63) is 23.3 Å². The topological polar surface area (TPSA) is 24.4 Å². The summed E-state index contributed by atoms with van der Waals surface area (Å²) in [4.78, 5) is 0.336. The van der Waals surface area contributed by atoms with E-state index in [1.807, 2.05) is 0 Å². The molecule has 1 N–H and O–H groups in total. The third kappa shape index (κ3) is 6.74. The summed E-state index contributed by atoms with van der Waals surface area (Å²) in [6.07, 6.45) is -9.10. The van der Waals surface area contributed by atoms with Gasteiger partial charge in [0.1, 0.15) is 6.21 Å². The van der Waals surface area contributed by atoms with Crippen LogP contribution >= 0.6 is 11.8 Å². The van der Waals surface area contributed by atoms with Crippen LogP contribution in [0, 0.1) is 13.8 Å². The van der Waals surface area contributed by atoms with Gasteiger partial charge < -0.3 is 0 Å². The number of hydrogen-bond donors (Lipinski definition) is 1. The van der Waals surface area contributed by atoms with Gasteiger partial charge in [0.2, 0.25) is 0 Å². The minimum atomic E-state index is -4.56. The fourth-order valence-electron chi connectivity index (χ4n) is 1.44. The molecule has 118 valence electrons. The third-order valence-corrected chi connectivity index (χ3v) is 3.53. The van der Waals surface area contributed by atoms with Crippen molar-refractivity contribution < 1.29 is 26.3 Å². The van der Waals surface area contributed by atoms with E-state index in [4.69, 9.17) is 0 Å². The molecule has 9 heteroatoms. The molecule has 0 saturated carbocycles. The van der Waals surface area contributed by atoms with Crippen LogP contribution in [0.25, 0.3) is 0 Å². The second kappa shape index (κ2) is 6.59. The molecule has 0 aliphatic heterocycles. The van der Waals surface area contributed by atoms with Crippen molar-refractivity contribution in [2.24, 2.45) is 5.10 Å². The number of halogens is 6. The minimum Gasteiger partial charge on any atom is -0.278 e. The number of anilines is 1. The first-order valence-corrected chi connectivity index (χ1v) is 6.64. The first kappa shape index (κ1) is 17.7. The third-order valence-electron chi connectivity index (χ3n) is 2.31. The molecular formula is C12H12F6N2S. The normalized spacial score (nSPS) is 13.0. The maximum Gasteiger partial charge on any atom is 0.428 e. The lowest BCUT2D eigenvalue weighted by atomic mass is 10.1. The summed E-state index contributed by atoms with van der Waals surface area (Å²) in [5.41, 5.74) is 3.62. The van der Waals surface area contributed by atoms with Gasteiger partial charge in [-0.2, -0.15) is 31.4 Å². The molecule has 2 nitrogen and oxygen atoms in total. The van der Waals surface area contributed by atoms with E-state index in [9.17, 15) is 26.3 Å². The van der Waals surface area contributed by atoms with Gasteiger partial charge in [-0.05, 0) is 31.0 Å². The molecule has 21 heavy (non-hydrogen) atoms. The summed E-state index contributed by atoms with van der Waals surface area (Å²) >= 11 is 0.577. The first-order chi connectivity index (χ1) is 9.48. The van der Waals surface area contributed by atoms with Crippen molar-refractivity contribution in [2.75, 3.05) is 11.2 Å². The van der Waals surface area contributed by atoms with Gasteiger partial charge in [0.15, 0.2) is 0 Å². The van der Waals surface area contributed by atoms with Crippen LogP contribution in [0.3, 0.4) is 0 Å². The summed E-state index contributed by atoms with van der Waals surface area (Å²) in [6, 6.07) is 2.94. The highest BCUT2D eigenvalue weighted by Gasteiger charge is 2.27. The Hall–Kier alpha value is -1.38. The second-order valence-corrected chi connectivity index (χ2v) is 5.27. The van der Waals surface area contributed by atoms with Crippen molar-refractivity contribution >= 4 is 23.7 Å². The molecule has 0 heterocycles. The smallest absolute Gasteiger partial charge is 0.278 e. The lowest BCUT2D eigenvalue weighted by Gasteiger charge is -2.12. The summed E-state index contributed by atoms with van der Waals surface area (Å²) in [5, 5.41) is 3.02. The Kier molecular flexibility index (Phi) is 5.54. The Morgan fingerprint density at radius 1 is 1.10 bits per heavy atom. The molecule has 1 rings (SSSR count). The molecule has 0 radical (unpaired) electrons. The minimum absolute atomic E-state index is 0.227. The Morgan fingerprint density at radius 2 is 1.71 bits per heavy atom. The van der Waals surface area contributed by atoms with Crippen LogP contribution in [-0.4, -0.2) is 24.3 Å². The second-order valence-electron chi connectivity index (χ2n) is 4.25. The van der Waals surface area contributed by atoms with Gasteiger partial charge in [-0.25, -0.2) is 0 Å². The van der Waals surface area contributed by atoms with Crippen LogP contribution in [0.4, 0.5) is 32.0 Å². The van der Waals surface area contributed by atoms with Gasteiger partial charge in [0.25, 0.3) is 0 Å². The van der Waals surface area contributed by atoms with Gasteiger partial charge in [-0.1, -0.05) is 6.07 Å². The number of nitrogens with zero attached hydrogens (tertiary/aromatic N) is 1. The number of hydrazone groups is 1. The van der Waals surface area contributed by atoms with E-state index in [-0.39, 0.29) is 11.9 Å². The molecule has 0 aliphatic rings. The van der Waals surface area contributed by atoms with Gasteiger partial charge in [-0.3, -0.25) is 5.43 Å². The first-order valence-electron chi connectivity index (χ1n) is 5.66. The molecule has 1 aromatic rings. The van der Waals surface area contributed by atoms with Crippen LogP contribution in [-0.2, 0) is 0 Å². The summed E-state index contributed by atoms with van der Waals surface area (Å²) in [5.74, 6) is -1.07. The van der Waals surface area contributed by atoms with Crippen molar-refractivity contribution in [2.45, 2.75) is 31.1 Å². The zero-order chi connectivity index (χ0) is 16.3. The van der Waals surface area contributed by atoms with Crippen LogP contribution in [0.5, 0.6) is 0 Å². The predicted octanol–water partition coefficient (Wildman–Crippen LogP) is 4.92. The van der Waals surface area contributed by atoms with Gasteiger partial charge in [-0.15, -0.1) is 11.8 Å². The number of thioether (sulfide) groups is 1. The monoisotopic (exact) mass is 330 g/mol. The van der Waals surface area contributed by atoms with Gasteiger partial charge in [0.05, 0.1) is 11.4 Å². The van der Waals surface area contributed by atoms with Crippen molar-refractivity contribution in [3.63, 3.8) is 0 Å². The average molecular weight is 330 g/mol. The Balaban J connectivity index is 2.88. The number of nitrogens with one attached hydrogen (secondary N) is 1. The molecule has 0 amide bonds. The standard InChI is InChI=1S/C12H12F6N2S/c1-7-3-8(2)10(21-6-12(16,17)18)4-9(7)20-19-5-11(13,14)15/h3-5,20H,6H2,1-2H3. The Labute approximate surface area is 121 Å². The molecule has 0 fully saturated rings. The van der Waals surface area contributed by atoms with Crippen LogP contribution < -0.4 is 5.43 Å². The summed E-state index contributed by atoms with van der Waals surface area (Å²) in [7, 11) is 0. The molecule has 0 spiro atoms. The fourth-order valence-corrected chi connectivity index (χ4v) is 2.25. The van der Waals surface area contributed by atoms with Crippen molar-refractivity contribution in [1.29, 1.82) is 0 Å². The Bertz CT molecular complexity index is 522. The Morgan fingerprint density at radius 3 is 2.24 bits per heavy atom. The highest BCUT2D eigenvalue weighted by molar-refractivity contribution is 7.99.